The minimum Gasteiger partial charge on any atom is -0.318 e. The molecule has 0 aliphatic carbocycles. The summed E-state index contributed by atoms with van der Waals surface area (Å²) < 4.78 is 1.70. The third-order valence-corrected chi connectivity index (χ3v) is 5.69. The van der Waals surface area contributed by atoms with Crippen LogP contribution < -0.4 is 10.9 Å². The monoisotopic (exact) mass is 413 g/mol. The molecular formula is C23H23N7O. The largest absolute Gasteiger partial charge is 0.318 e. The van der Waals surface area contributed by atoms with Gasteiger partial charge in [0.05, 0.1) is 5.69 Å². The number of aromatic nitrogens is 6. The lowest BCUT2D eigenvalue weighted by atomic mass is 9.85. The van der Waals surface area contributed by atoms with Crippen LogP contribution in [0.25, 0.3) is 11.3 Å². The number of anilines is 2. The van der Waals surface area contributed by atoms with Crippen molar-refractivity contribution in [3.8, 4) is 11.3 Å². The van der Waals surface area contributed by atoms with E-state index >= 15 is 0 Å². The van der Waals surface area contributed by atoms with Crippen molar-refractivity contribution in [2.75, 3.05) is 5.32 Å². The summed E-state index contributed by atoms with van der Waals surface area (Å²) in [5.74, 6) is 0.420. The Labute approximate surface area is 179 Å². The maximum atomic E-state index is 12.7. The molecule has 0 spiro atoms. The summed E-state index contributed by atoms with van der Waals surface area (Å²) >= 11 is 0. The molecule has 3 heterocycles. The maximum Gasteiger partial charge on any atom is 0.288 e. The Hall–Kier alpha value is -3.81. The fraction of sp³-hybridized carbons (Fsp3) is 0.261. The first-order chi connectivity index (χ1) is 14.8. The zero-order valence-electron chi connectivity index (χ0n) is 17.8. The van der Waals surface area contributed by atoms with Crippen LogP contribution in [0.5, 0.6) is 0 Å². The summed E-state index contributed by atoms with van der Waals surface area (Å²) in [6.07, 6.45) is 0. The standard InChI is InChI=1S/C23H23N7O/c1-13-5-7-14(8-6-13)18-17-19(21(31)26-25-18)24-22-27-28-29-30(22)20(17)15-9-11-16(12-10-15)23(2,3)4/h5-12,20H,1-4H3,(H,26,31)(H,24,27,29)/t20-/m0/s1. The molecule has 1 aliphatic heterocycles. The van der Waals surface area contributed by atoms with Gasteiger partial charge in [-0.1, -0.05) is 80.0 Å². The molecule has 0 unspecified atom stereocenters. The fourth-order valence-electron chi connectivity index (χ4n) is 3.94. The Morgan fingerprint density at radius 1 is 1.00 bits per heavy atom. The third-order valence-electron chi connectivity index (χ3n) is 5.69. The Bertz CT molecular complexity index is 1310. The molecule has 5 rings (SSSR count). The van der Waals surface area contributed by atoms with Crippen LogP contribution in [-0.4, -0.2) is 30.4 Å². The Balaban J connectivity index is 1.75. The zero-order valence-corrected chi connectivity index (χ0v) is 17.8. The number of nitrogens with zero attached hydrogens (tertiary/aromatic N) is 5. The second kappa shape index (κ2) is 6.87. The average molecular weight is 413 g/mol. The third kappa shape index (κ3) is 3.20. The van der Waals surface area contributed by atoms with Gasteiger partial charge in [0.25, 0.3) is 5.56 Å². The van der Waals surface area contributed by atoms with Crippen LogP contribution in [0.3, 0.4) is 0 Å². The summed E-state index contributed by atoms with van der Waals surface area (Å²) in [7, 11) is 0. The number of H-pyrrole nitrogens is 1. The minimum atomic E-state index is -0.388. The number of fused-ring (bicyclic) bond motifs is 2. The van der Waals surface area contributed by atoms with E-state index < -0.39 is 0 Å². The maximum absolute atomic E-state index is 12.7. The number of rotatable bonds is 2. The van der Waals surface area contributed by atoms with E-state index in [0.29, 0.717) is 17.3 Å². The Kier molecular flexibility index (Phi) is 4.25. The first-order valence-corrected chi connectivity index (χ1v) is 10.2. The van der Waals surface area contributed by atoms with E-state index in [1.807, 2.05) is 31.2 Å². The van der Waals surface area contributed by atoms with Gasteiger partial charge in [-0.3, -0.25) is 4.79 Å². The van der Waals surface area contributed by atoms with E-state index in [-0.39, 0.29) is 17.0 Å². The van der Waals surface area contributed by atoms with Crippen molar-refractivity contribution in [3.63, 3.8) is 0 Å². The van der Waals surface area contributed by atoms with E-state index in [1.54, 1.807) is 4.68 Å². The molecule has 2 N–H and O–H groups in total. The molecule has 0 amide bonds. The van der Waals surface area contributed by atoms with Crippen LogP contribution in [0.2, 0.25) is 0 Å². The highest BCUT2D eigenvalue weighted by Crippen LogP contribution is 2.41. The van der Waals surface area contributed by atoms with Crippen LogP contribution in [0.4, 0.5) is 11.6 Å². The minimum absolute atomic E-state index is 0.0380. The van der Waals surface area contributed by atoms with Crippen molar-refractivity contribution in [2.24, 2.45) is 0 Å². The summed E-state index contributed by atoms with van der Waals surface area (Å²) in [5.41, 5.74) is 5.84. The lowest BCUT2D eigenvalue weighted by molar-refractivity contribution is 0.564. The van der Waals surface area contributed by atoms with Gasteiger partial charge in [-0.2, -0.15) is 9.78 Å². The van der Waals surface area contributed by atoms with Crippen molar-refractivity contribution < 1.29 is 0 Å². The molecule has 0 bridgehead atoms. The van der Waals surface area contributed by atoms with Crippen LogP contribution in [0, 0.1) is 6.92 Å². The highest BCUT2D eigenvalue weighted by Gasteiger charge is 2.34. The molecule has 0 fully saturated rings. The Morgan fingerprint density at radius 3 is 2.39 bits per heavy atom. The molecule has 156 valence electrons. The predicted octanol–water partition coefficient (Wildman–Crippen LogP) is 3.72. The van der Waals surface area contributed by atoms with Crippen LogP contribution in [0.1, 0.15) is 49.1 Å². The second-order valence-corrected chi connectivity index (χ2v) is 8.90. The van der Waals surface area contributed by atoms with E-state index in [1.165, 1.54) is 5.56 Å². The number of benzene rings is 2. The van der Waals surface area contributed by atoms with E-state index in [9.17, 15) is 4.79 Å². The predicted molar refractivity (Wildman–Crippen MR) is 119 cm³/mol. The summed E-state index contributed by atoms with van der Waals surface area (Å²) in [6, 6.07) is 16.1. The van der Waals surface area contributed by atoms with Crippen molar-refractivity contribution in [1.82, 2.24) is 30.4 Å². The highest BCUT2D eigenvalue weighted by molar-refractivity contribution is 5.75. The van der Waals surface area contributed by atoms with Crippen molar-refractivity contribution in [1.29, 1.82) is 0 Å². The molecule has 8 nitrogen and oxygen atoms in total. The molecular weight excluding hydrogens is 390 g/mol. The van der Waals surface area contributed by atoms with E-state index in [4.69, 9.17) is 0 Å². The molecule has 8 heteroatoms. The summed E-state index contributed by atoms with van der Waals surface area (Å²) in [4.78, 5) is 12.7. The van der Waals surface area contributed by atoms with Gasteiger partial charge in [0.15, 0.2) is 0 Å². The van der Waals surface area contributed by atoms with Crippen molar-refractivity contribution in [3.05, 3.63) is 81.1 Å². The topological polar surface area (TPSA) is 101 Å². The van der Waals surface area contributed by atoms with Crippen LogP contribution >= 0.6 is 0 Å². The fourth-order valence-corrected chi connectivity index (χ4v) is 3.94. The van der Waals surface area contributed by atoms with Gasteiger partial charge in [0.1, 0.15) is 11.7 Å². The number of hydrogen-bond donors (Lipinski definition) is 2. The van der Waals surface area contributed by atoms with Crippen molar-refractivity contribution in [2.45, 2.75) is 39.2 Å². The normalized spacial score (nSPS) is 15.2. The van der Waals surface area contributed by atoms with Crippen LogP contribution in [-0.2, 0) is 5.41 Å². The lowest BCUT2D eigenvalue weighted by Crippen LogP contribution is -2.29. The van der Waals surface area contributed by atoms with Gasteiger partial charge in [-0.15, -0.1) is 0 Å². The smallest absolute Gasteiger partial charge is 0.288 e. The van der Waals surface area contributed by atoms with E-state index in [0.717, 1.165) is 22.3 Å². The number of nitrogens with one attached hydrogen (secondary N) is 2. The molecule has 0 saturated heterocycles. The number of tetrazole rings is 1. The molecule has 1 aliphatic rings. The van der Waals surface area contributed by atoms with Gasteiger partial charge >= 0.3 is 0 Å². The molecule has 2 aromatic heterocycles. The summed E-state index contributed by atoms with van der Waals surface area (Å²) in [6.45, 7) is 8.58. The number of aryl methyl sites for hydroxylation is 1. The molecule has 0 radical (unpaired) electrons. The van der Waals surface area contributed by atoms with Crippen molar-refractivity contribution >= 4 is 11.6 Å². The first kappa shape index (κ1) is 19.2. The molecule has 1 atom stereocenters. The first-order valence-electron chi connectivity index (χ1n) is 10.2. The van der Waals surface area contributed by atoms with Crippen LogP contribution in [0.15, 0.2) is 53.3 Å². The summed E-state index contributed by atoms with van der Waals surface area (Å²) in [5, 5.41) is 22.2. The Morgan fingerprint density at radius 2 is 1.71 bits per heavy atom. The second-order valence-electron chi connectivity index (χ2n) is 8.90. The zero-order chi connectivity index (χ0) is 21.8. The van der Waals surface area contributed by atoms with E-state index in [2.05, 4.69) is 76.1 Å². The number of hydrogen-bond acceptors (Lipinski definition) is 6. The van der Waals surface area contributed by atoms with Gasteiger partial charge < -0.3 is 5.32 Å². The van der Waals surface area contributed by atoms with Gasteiger partial charge in [-0.05, 0) is 33.9 Å². The molecule has 0 saturated carbocycles. The average Bonchev–Trinajstić information content (AvgIpc) is 3.21. The van der Waals surface area contributed by atoms with Gasteiger partial charge in [0.2, 0.25) is 5.95 Å². The quantitative estimate of drug-likeness (QED) is 0.457. The van der Waals surface area contributed by atoms with Gasteiger partial charge in [0, 0.05) is 11.1 Å². The molecule has 2 aromatic carbocycles. The lowest BCUT2D eigenvalue weighted by Gasteiger charge is -2.28. The number of aromatic amines is 1. The molecule has 4 aromatic rings. The molecule has 31 heavy (non-hydrogen) atoms. The van der Waals surface area contributed by atoms with Gasteiger partial charge in [-0.25, -0.2) is 5.10 Å². The highest BCUT2D eigenvalue weighted by atomic mass is 16.1. The SMILES string of the molecule is Cc1ccc(-c2n[nH]c(=O)c3c2[C@H](c2ccc(C(C)(C)C)cc2)n2nnnc2N3)cc1.